The molecule has 76 valence electrons. The maximum atomic E-state index is 10.6. The van der Waals surface area contributed by atoms with Crippen molar-refractivity contribution in [2.75, 3.05) is 6.54 Å². The van der Waals surface area contributed by atoms with Gasteiger partial charge < -0.3 is 5.32 Å². The van der Waals surface area contributed by atoms with Crippen molar-refractivity contribution in [2.45, 2.75) is 25.8 Å². The Labute approximate surface area is 88.3 Å². The molecule has 0 bridgehead atoms. The van der Waals surface area contributed by atoms with Crippen LogP contribution >= 0.6 is 11.3 Å². The molecule has 1 N–H and O–H groups in total. The third-order valence-corrected chi connectivity index (χ3v) is 3.93. The lowest BCUT2D eigenvalue weighted by Crippen LogP contribution is -2.32. The minimum atomic E-state index is 0.461. The van der Waals surface area contributed by atoms with E-state index in [9.17, 15) is 4.79 Å². The average Bonchev–Trinajstić information content (AvgIpc) is 2.67. The van der Waals surface area contributed by atoms with Gasteiger partial charge in [-0.05, 0) is 37.4 Å². The molecule has 0 aliphatic carbocycles. The summed E-state index contributed by atoms with van der Waals surface area (Å²) in [5.41, 5.74) is 0. The molecule has 14 heavy (non-hydrogen) atoms. The van der Waals surface area contributed by atoms with E-state index in [0.29, 0.717) is 12.0 Å². The number of piperidine rings is 1. The van der Waals surface area contributed by atoms with E-state index in [2.05, 4.69) is 18.3 Å². The van der Waals surface area contributed by atoms with E-state index in [1.54, 1.807) is 11.3 Å². The van der Waals surface area contributed by atoms with Crippen molar-refractivity contribution in [1.29, 1.82) is 0 Å². The van der Waals surface area contributed by atoms with Crippen molar-refractivity contribution in [3.05, 3.63) is 21.9 Å². The monoisotopic (exact) mass is 209 g/mol. The zero-order chi connectivity index (χ0) is 9.97. The summed E-state index contributed by atoms with van der Waals surface area (Å²) in [5, 5.41) is 3.52. The number of carbonyl (C=O) groups excluding carboxylic acids is 1. The molecule has 1 aliphatic heterocycles. The largest absolute Gasteiger partial charge is 0.309 e. The summed E-state index contributed by atoms with van der Waals surface area (Å²) in [7, 11) is 0. The molecule has 2 rings (SSSR count). The highest BCUT2D eigenvalue weighted by Crippen LogP contribution is 2.32. The molecule has 2 atom stereocenters. The highest BCUT2D eigenvalue weighted by atomic mass is 32.1. The van der Waals surface area contributed by atoms with Gasteiger partial charge in [-0.25, -0.2) is 0 Å². The van der Waals surface area contributed by atoms with Gasteiger partial charge in [0.05, 0.1) is 4.88 Å². The molecule has 1 saturated heterocycles. The van der Waals surface area contributed by atoms with Crippen LogP contribution in [0, 0.1) is 5.92 Å². The minimum absolute atomic E-state index is 0.461. The minimum Gasteiger partial charge on any atom is -0.309 e. The molecule has 3 heteroatoms. The van der Waals surface area contributed by atoms with E-state index in [1.807, 2.05) is 6.07 Å². The van der Waals surface area contributed by atoms with Gasteiger partial charge in [0, 0.05) is 10.9 Å². The van der Waals surface area contributed by atoms with Crippen LogP contribution in [0.2, 0.25) is 0 Å². The molecule has 0 radical (unpaired) electrons. The van der Waals surface area contributed by atoms with E-state index in [1.165, 1.54) is 17.7 Å². The normalized spacial score (nSPS) is 27.5. The number of rotatable bonds is 2. The molecule has 1 fully saturated rings. The lowest BCUT2D eigenvalue weighted by atomic mass is 9.92. The summed E-state index contributed by atoms with van der Waals surface area (Å²) in [6.45, 7) is 3.38. The second kappa shape index (κ2) is 4.24. The molecular weight excluding hydrogens is 194 g/mol. The Morgan fingerprint density at radius 1 is 1.57 bits per heavy atom. The van der Waals surface area contributed by atoms with Crippen molar-refractivity contribution < 1.29 is 4.79 Å². The molecule has 0 aromatic carbocycles. The third-order valence-electron chi connectivity index (χ3n) is 2.84. The molecule has 1 aromatic heterocycles. The Hall–Kier alpha value is -0.670. The first-order chi connectivity index (χ1) is 6.81. The van der Waals surface area contributed by atoms with Crippen LogP contribution in [0.25, 0.3) is 0 Å². The Kier molecular flexibility index (Phi) is 2.99. The van der Waals surface area contributed by atoms with Crippen molar-refractivity contribution in [3.63, 3.8) is 0 Å². The van der Waals surface area contributed by atoms with E-state index in [0.717, 1.165) is 17.7 Å². The smallest absolute Gasteiger partial charge is 0.160 e. The summed E-state index contributed by atoms with van der Waals surface area (Å²) in [6.07, 6.45) is 3.48. The maximum Gasteiger partial charge on any atom is 0.160 e. The van der Waals surface area contributed by atoms with Crippen LogP contribution in [0.4, 0.5) is 0 Å². The Morgan fingerprint density at radius 2 is 2.43 bits per heavy atom. The van der Waals surface area contributed by atoms with Gasteiger partial charge in [0.1, 0.15) is 0 Å². The van der Waals surface area contributed by atoms with Crippen LogP contribution in [0.3, 0.4) is 0 Å². The molecule has 2 heterocycles. The van der Waals surface area contributed by atoms with Crippen LogP contribution in [0.15, 0.2) is 12.1 Å². The second-order valence-corrected chi connectivity index (χ2v) is 5.06. The van der Waals surface area contributed by atoms with Crippen molar-refractivity contribution >= 4 is 17.6 Å². The predicted molar refractivity (Wildman–Crippen MR) is 58.8 cm³/mol. The number of hydrogen-bond donors (Lipinski definition) is 1. The summed E-state index contributed by atoms with van der Waals surface area (Å²) in [4.78, 5) is 12.7. The van der Waals surface area contributed by atoms with Crippen LogP contribution in [0.5, 0.6) is 0 Å². The predicted octanol–water partition coefficient (Wildman–Crippen LogP) is 2.62. The quantitative estimate of drug-likeness (QED) is 0.759. The van der Waals surface area contributed by atoms with Gasteiger partial charge in [-0.1, -0.05) is 6.92 Å². The molecule has 1 aromatic rings. The van der Waals surface area contributed by atoms with Crippen LogP contribution in [-0.2, 0) is 0 Å². The van der Waals surface area contributed by atoms with Gasteiger partial charge in [-0.3, -0.25) is 4.79 Å². The zero-order valence-corrected chi connectivity index (χ0v) is 9.14. The van der Waals surface area contributed by atoms with E-state index >= 15 is 0 Å². The zero-order valence-electron chi connectivity index (χ0n) is 8.32. The maximum absolute atomic E-state index is 10.6. The fourth-order valence-corrected chi connectivity index (χ4v) is 3.06. The summed E-state index contributed by atoms with van der Waals surface area (Å²) in [6, 6.07) is 4.45. The third kappa shape index (κ3) is 1.88. The number of aldehydes is 1. The van der Waals surface area contributed by atoms with E-state index < -0.39 is 0 Å². The fourth-order valence-electron chi connectivity index (χ4n) is 2.03. The highest BCUT2D eigenvalue weighted by Gasteiger charge is 2.23. The van der Waals surface area contributed by atoms with Crippen molar-refractivity contribution in [3.8, 4) is 0 Å². The van der Waals surface area contributed by atoms with Gasteiger partial charge in [-0.2, -0.15) is 0 Å². The molecule has 0 spiro atoms. The van der Waals surface area contributed by atoms with Crippen LogP contribution < -0.4 is 5.32 Å². The van der Waals surface area contributed by atoms with Crippen LogP contribution in [0.1, 0.15) is 40.4 Å². The molecule has 2 nitrogen and oxygen atoms in total. The average molecular weight is 209 g/mol. The first-order valence-electron chi connectivity index (χ1n) is 5.09. The molecule has 0 saturated carbocycles. The van der Waals surface area contributed by atoms with Crippen LogP contribution in [-0.4, -0.2) is 12.8 Å². The van der Waals surface area contributed by atoms with Gasteiger partial charge in [0.25, 0.3) is 0 Å². The number of hydrogen-bond acceptors (Lipinski definition) is 3. The number of nitrogens with one attached hydrogen (secondary N) is 1. The number of thiophene rings is 1. The number of carbonyl (C=O) groups is 1. The summed E-state index contributed by atoms with van der Waals surface area (Å²) < 4.78 is 0. The first-order valence-corrected chi connectivity index (χ1v) is 5.91. The highest BCUT2D eigenvalue weighted by molar-refractivity contribution is 7.13. The molecule has 2 unspecified atom stereocenters. The standard InChI is InChI=1S/C11H15NOS/c1-8-3-2-6-12-11(8)10-5-4-9(7-13)14-10/h4-5,7-8,11-12H,2-3,6H2,1H3. The molecule has 0 amide bonds. The lowest BCUT2D eigenvalue weighted by Gasteiger charge is -2.29. The summed E-state index contributed by atoms with van der Waals surface area (Å²) >= 11 is 1.61. The Bertz CT molecular complexity index is 321. The summed E-state index contributed by atoms with van der Waals surface area (Å²) in [5.74, 6) is 0.682. The van der Waals surface area contributed by atoms with E-state index in [-0.39, 0.29) is 0 Å². The van der Waals surface area contributed by atoms with Crippen molar-refractivity contribution in [2.24, 2.45) is 5.92 Å². The Balaban J connectivity index is 2.16. The molecule has 1 aliphatic rings. The fraction of sp³-hybridized carbons (Fsp3) is 0.545. The van der Waals surface area contributed by atoms with Gasteiger partial charge >= 0.3 is 0 Å². The lowest BCUT2D eigenvalue weighted by molar-refractivity contribution is 0.112. The Morgan fingerprint density at radius 3 is 3.07 bits per heavy atom. The van der Waals surface area contributed by atoms with Crippen molar-refractivity contribution in [1.82, 2.24) is 5.32 Å². The SMILES string of the molecule is CC1CCCNC1c1ccc(C=O)s1. The van der Waals surface area contributed by atoms with Gasteiger partial charge in [-0.15, -0.1) is 11.3 Å². The van der Waals surface area contributed by atoms with Gasteiger partial charge in [0.15, 0.2) is 6.29 Å². The second-order valence-electron chi connectivity index (χ2n) is 3.91. The molecular formula is C11H15NOS. The van der Waals surface area contributed by atoms with E-state index in [4.69, 9.17) is 0 Å². The first kappa shape index (κ1) is 9.87. The topological polar surface area (TPSA) is 29.1 Å². The van der Waals surface area contributed by atoms with Gasteiger partial charge in [0.2, 0.25) is 0 Å².